The zero-order valence-corrected chi connectivity index (χ0v) is 21.6. The third-order valence-corrected chi connectivity index (χ3v) is 10.2. The minimum atomic E-state index is -0.341. The van der Waals surface area contributed by atoms with E-state index in [4.69, 9.17) is 0 Å². The second-order valence-electron chi connectivity index (χ2n) is 12.2. The fourth-order valence-corrected chi connectivity index (χ4v) is 7.83. The fraction of sp³-hybridized carbons (Fsp3) is 0.812. The molecule has 0 aliphatic heterocycles. The third kappa shape index (κ3) is 7.57. The molecule has 0 N–H and O–H groups in total. The Morgan fingerprint density at radius 3 is 1.45 bits per heavy atom. The molecule has 3 aliphatic rings. The van der Waals surface area contributed by atoms with E-state index in [1.807, 2.05) is 12.1 Å². The first kappa shape index (κ1) is 25.2. The van der Waals surface area contributed by atoms with Gasteiger partial charge in [-0.15, -0.1) is 0 Å². The largest absolute Gasteiger partial charge is 0.246 e. The number of aryl methyl sites for hydroxylation is 1. The average molecular weight is 455 g/mol. The van der Waals surface area contributed by atoms with Gasteiger partial charge < -0.3 is 0 Å². The molecule has 0 atom stereocenters. The highest BCUT2D eigenvalue weighted by molar-refractivity contribution is 5.22. The van der Waals surface area contributed by atoms with Crippen LogP contribution >= 0.6 is 0 Å². The van der Waals surface area contributed by atoms with Crippen molar-refractivity contribution in [1.29, 1.82) is 0 Å². The van der Waals surface area contributed by atoms with Crippen LogP contribution in [0.25, 0.3) is 0 Å². The van der Waals surface area contributed by atoms with Gasteiger partial charge in [0.25, 0.3) is 0 Å². The summed E-state index contributed by atoms with van der Waals surface area (Å²) in [6, 6.07) is 8.19. The Kier molecular flexibility index (Phi) is 10.2. The Hall–Kier alpha value is -0.850. The standard InChI is InChI=1S/C32H51F/c1-2-3-4-5-25-12-16-29(17-13-25)31-20-22-32(23-21-31)30-18-14-27(15-19-30)7-6-26-8-10-28(24-33)11-9-26/h8-11,25,27,29-32H,2-7,12-24H2,1H3/t25-,27?,29-,30?,31?,32?. The molecular weight excluding hydrogens is 403 g/mol. The smallest absolute Gasteiger partial charge is 0.115 e. The van der Waals surface area contributed by atoms with Crippen LogP contribution in [0.1, 0.15) is 127 Å². The quantitative estimate of drug-likeness (QED) is 0.308. The molecule has 0 unspecified atom stereocenters. The minimum Gasteiger partial charge on any atom is -0.246 e. The summed E-state index contributed by atoms with van der Waals surface area (Å²) in [4.78, 5) is 0. The van der Waals surface area contributed by atoms with Crippen LogP contribution in [-0.2, 0) is 13.1 Å². The molecule has 0 saturated heterocycles. The monoisotopic (exact) mass is 454 g/mol. The summed E-state index contributed by atoms with van der Waals surface area (Å²) in [6.45, 7) is 1.99. The van der Waals surface area contributed by atoms with Gasteiger partial charge in [-0.3, -0.25) is 0 Å². The maximum atomic E-state index is 12.7. The number of benzene rings is 1. The molecule has 0 amide bonds. The lowest BCUT2D eigenvalue weighted by Gasteiger charge is -2.41. The topological polar surface area (TPSA) is 0 Å². The van der Waals surface area contributed by atoms with Gasteiger partial charge in [0.1, 0.15) is 6.67 Å². The highest BCUT2D eigenvalue weighted by atomic mass is 19.1. The van der Waals surface area contributed by atoms with Crippen molar-refractivity contribution >= 4 is 0 Å². The first-order valence-electron chi connectivity index (χ1n) is 14.9. The summed E-state index contributed by atoms with van der Waals surface area (Å²) in [5.41, 5.74) is 2.20. The van der Waals surface area contributed by atoms with E-state index < -0.39 is 0 Å². The van der Waals surface area contributed by atoms with Gasteiger partial charge in [-0.25, -0.2) is 4.39 Å². The van der Waals surface area contributed by atoms with E-state index in [1.165, 1.54) is 95.5 Å². The predicted octanol–water partition coefficient (Wildman–Crippen LogP) is 10.1. The van der Waals surface area contributed by atoms with Crippen LogP contribution in [0, 0.1) is 35.5 Å². The van der Waals surface area contributed by atoms with Crippen LogP contribution in [-0.4, -0.2) is 0 Å². The lowest BCUT2D eigenvalue weighted by molar-refractivity contribution is 0.102. The van der Waals surface area contributed by atoms with Crippen molar-refractivity contribution in [3.05, 3.63) is 35.4 Å². The molecule has 4 rings (SSSR count). The van der Waals surface area contributed by atoms with E-state index in [2.05, 4.69) is 19.1 Å². The number of hydrogen-bond donors (Lipinski definition) is 0. The zero-order chi connectivity index (χ0) is 22.9. The van der Waals surface area contributed by atoms with E-state index >= 15 is 0 Å². The molecule has 1 heteroatoms. The van der Waals surface area contributed by atoms with Gasteiger partial charge in [-0.05, 0) is 111 Å². The molecule has 0 bridgehead atoms. The SMILES string of the molecule is CCCCC[C@H]1CC[C@H](C2CCC(C3CCC(CCc4ccc(CF)cc4)CC3)CC2)CC1. The zero-order valence-electron chi connectivity index (χ0n) is 21.6. The average Bonchev–Trinajstić information content (AvgIpc) is 2.89. The van der Waals surface area contributed by atoms with Crippen LogP contribution < -0.4 is 0 Å². The Balaban J connectivity index is 1.10. The Bertz CT molecular complexity index is 640. The van der Waals surface area contributed by atoms with Gasteiger partial charge in [0.05, 0.1) is 0 Å². The number of rotatable bonds is 10. The highest BCUT2D eigenvalue weighted by Crippen LogP contribution is 2.46. The van der Waals surface area contributed by atoms with Crippen molar-refractivity contribution < 1.29 is 4.39 Å². The Morgan fingerprint density at radius 2 is 1.00 bits per heavy atom. The first-order chi connectivity index (χ1) is 16.2. The van der Waals surface area contributed by atoms with Crippen LogP contribution in [0.2, 0.25) is 0 Å². The molecule has 0 heterocycles. The maximum Gasteiger partial charge on any atom is 0.115 e. The van der Waals surface area contributed by atoms with E-state index in [0.29, 0.717) is 0 Å². The molecule has 3 saturated carbocycles. The summed E-state index contributed by atoms with van der Waals surface area (Å²) in [5.74, 6) is 6.20. The van der Waals surface area contributed by atoms with Gasteiger partial charge >= 0.3 is 0 Å². The third-order valence-electron chi connectivity index (χ3n) is 10.2. The molecule has 0 spiro atoms. The van der Waals surface area contributed by atoms with Gasteiger partial charge in [0.15, 0.2) is 0 Å². The van der Waals surface area contributed by atoms with Gasteiger partial charge in [-0.1, -0.05) is 82.6 Å². The number of halogens is 1. The van der Waals surface area contributed by atoms with Gasteiger partial charge in [-0.2, -0.15) is 0 Å². The van der Waals surface area contributed by atoms with E-state index in [-0.39, 0.29) is 6.67 Å². The molecule has 1 aromatic carbocycles. The molecule has 186 valence electrons. The fourth-order valence-electron chi connectivity index (χ4n) is 7.83. The molecule has 0 nitrogen and oxygen atoms in total. The van der Waals surface area contributed by atoms with Crippen molar-refractivity contribution in [2.45, 2.75) is 129 Å². The van der Waals surface area contributed by atoms with Gasteiger partial charge in [0.2, 0.25) is 0 Å². The molecule has 33 heavy (non-hydrogen) atoms. The second-order valence-corrected chi connectivity index (χ2v) is 12.2. The van der Waals surface area contributed by atoms with Crippen molar-refractivity contribution in [3.63, 3.8) is 0 Å². The lowest BCUT2D eigenvalue weighted by atomic mass is 9.64. The lowest BCUT2D eigenvalue weighted by Crippen LogP contribution is -2.29. The Morgan fingerprint density at radius 1 is 0.576 bits per heavy atom. The number of unbranched alkanes of at least 4 members (excludes halogenated alkanes) is 2. The molecule has 0 aromatic heterocycles. The van der Waals surface area contributed by atoms with Crippen LogP contribution in [0.15, 0.2) is 24.3 Å². The van der Waals surface area contributed by atoms with E-state index in [0.717, 1.165) is 41.1 Å². The van der Waals surface area contributed by atoms with E-state index in [9.17, 15) is 4.39 Å². The summed E-state index contributed by atoms with van der Waals surface area (Å²) in [5, 5.41) is 0. The number of alkyl halides is 1. The molecule has 1 aromatic rings. The molecular formula is C32H51F. The second kappa shape index (κ2) is 13.3. The molecule has 3 aliphatic carbocycles. The van der Waals surface area contributed by atoms with Crippen molar-refractivity contribution in [1.82, 2.24) is 0 Å². The first-order valence-corrected chi connectivity index (χ1v) is 14.9. The Labute approximate surface area is 204 Å². The number of hydrogen-bond acceptors (Lipinski definition) is 0. The normalized spacial score (nSPS) is 33.2. The summed E-state index contributed by atoms with van der Waals surface area (Å²) >= 11 is 0. The van der Waals surface area contributed by atoms with Crippen molar-refractivity contribution in [3.8, 4) is 0 Å². The van der Waals surface area contributed by atoms with Crippen molar-refractivity contribution in [2.24, 2.45) is 35.5 Å². The van der Waals surface area contributed by atoms with Gasteiger partial charge in [0, 0.05) is 0 Å². The molecule has 3 fully saturated rings. The highest BCUT2D eigenvalue weighted by Gasteiger charge is 2.34. The minimum absolute atomic E-state index is 0.341. The summed E-state index contributed by atoms with van der Waals surface area (Å²) < 4.78 is 12.7. The maximum absolute atomic E-state index is 12.7. The van der Waals surface area contributed by atoms with Crippen LogP contribution in [0.3, 0.4) is 0 Å². The van der Waals surface area contributed by atoms with Crippen LogP contribution in [0.4, 0.5) is 4.39 Å². The molecule has 0 radical (unpaired) electrons. The predicted molar refractivity (Wildman–Crippen MR) is 140 cm³/mol. The van der Waals surface area contributed by atoms with Crippen LogP contribution in [0.5, 0.6) is 0 Å². The summed E-state index contributed by atoms with van der Waals surface area (Å²) in [7, 11) is 0. The van der Waals surface area contributed by atoms with E-state index in [1.54, 1.807) is 25.7 Å². The summed E-state index contributed by atoms with van der Waals surface area (Å²) in [6.07, 6.45) is 26.6. The van der Waals surface area contributed by atoms with Crippen molar-refractivity contribution in [2.75, 3.05) is 0 Å².